The van der Waals surface area contributed by atoms with Gasteiger partial charge in [-0.3, -0.25) is 5.10 Å². The third kappa shape index (κ3) is 1.89. The Hall–Kier alpha value is -2.71. The second-order valence-electron chi connectivity index (χ2n) is 5.02. The van der Waals surface area contributed by atoms with Gasteiger partial charge in [-0.25, -0.2) is 28.7 Å². The number of halogens is 2. The van der Waals surface area contributed by atoms with E-state index in [2.05, 4.69) is 30.1 Å². The van der Waals surface area contributed by atoms with E-state index in [0.29, 0.717) is 16.6 Å². The minimum Gasteiger partial charge on any atom is -0.480 e. The van der Waals surface area contributed by atoms with Crippen LogP contribution in [0.25, 0.3) is 22.4 Å². The van der Waals surface area contributed by atoms with Crippen LogP contribution in [0.1, 0.15) is 18.0 Å². The molecule has 22 heavy (non-hydrogen) atoms. The fourth-order valence-electron chi connectivity index (χ4n) is 2.38. The molecule has 0 aromatic carbocycles. The normalized spacial score (nSPS) is 19.3. The Bertz CT molecular complexity index is 865. The van der Waals surface area contributed by atoms with E-state index in [4.69, 9.17) is 4.74 Å². The number of hydrogen-bond acceptors (Lipinski definition) is 6. The average Bonchev–Trinajstić information content (AvgIpc) is 2.95. The lowest BCUT2D eigenvalue weighted by Gasteiger charge is -2.10. The summed E-state index contributed by atoms with van der Waals surface area (Å²) in [6, 6.07) is 0. The van der Waals surface area contributed by atoms with Crippen molar-refractivity contribution in [3.05, 3.63) is 24.4 Å². The first-order valence-corrected chi connectivity index (χ1v) is 6.53. The summed E-state index contributed by atoms with van der Waals surface area (Å²) >= 11 is 0. The van der Waals surface area contributed by atoms with E-state index in [1.54, 1.807) is 0 Å². The Morgan fingerprint density at radius 3 is 2.82 bits per heavy atom. The van der Waals surface area contributed by atoms with Gasteiger partial charge >= 0.3 is 0 Å². The molecule has 7 nitrogen and oxygen atoms in total. The number of hydrogen-bond donors (Lipinski definition) is 1. The standard InChI is InChI=1S/C13H10F2N6O/c1-22-12-9(10(17-5-18-12)6-2-13(6,14)15)11-16-3-8-7(20-11)4-19-21-8/h3-6H,2H2,1H3,(H,19,21). The highest BCUT2D eigenvalue weighted by Gasteiger charge is 2.59. The third-order valence-corrected chi connectivity index (χ3v) is 3.60. The third-order valence-electron chi connectivity index (χ3n) is 3.60. The predicted molar refractivity (Wildman–Crippen MR) is 71.6 cm³/mol. The molecule has 1 aliphatic carbocycles. The van der Waals surface area contributed by atoms with Gasteiger partial charge in [-0.1, -0.05) is 0 Å². The molecule has 1 fully saturated rings. The van der Waals surface area contributed by atoms with Crippen molar-refractivity contribution in [2.75, 3.05) is 7.11 Å². The van der Waals surface area contributed by atoms with Crippen LogP contribution in [0, 0.1) is 0 Å². The summed E-state index contributed by atoms with van der Waals surface area (Å²) in [6.45, 7) is 0. The topological polar surface area (TPSA) is 89.5 Å². The van der Waals surface area contributed by atoms with Crippen molar-refractivity contribution >= 4 is 11.0 Å². The number of ether oxygens (including phenoxy) is 1. The molecular formula is C13H10F2N6O. The van der Waals surface area contributed by atoms with Crippen molar-refractivity contribution in [3.8, 4) is 17.3 Å². The van der Waals surface area contributed by atoms with Crippen LogP contribution in [0.3, 0.4) is 0 Å². The van der Waals surface area contributed by atoms with E-state index >= 15 is 0 Å². The number of alkyl halides is 2. The zero-order valence-corrected chi connectivity index (χ0v) is 11.4. The molecule has 1 aliphatic rings. The molecule has 3 heterocycles. The summed E-state index contributed by atoms with van der Waals surface area (Å²) in [5.74, 6) is -3.30. The van der Waals surface area contributed by atoms with Crippen molar-refractivity contribution in [2.24, 2.45) is 0 Å². The molecular weight excluding hydrogens is 294 g/mol. The largest absolute Gasteiger partial charge is 0.480 e. The van der Waals surface area contributed by atoms with Crippen LogP contribution >= 0.6 is 0 Å². The predicted octanol–water partition coefficient (Wildman–Crippen LogP) is 1.94. The summed E-state index contributed by atoms with van der Waals surface area (Å²) in [4.78, 5) is 16.5. The van der Waals surface area contributed by atoms with Crippen molar-refractivity contribution in [2.45, 2.75) is 18.3 Å². The zero-order chi connectivity index (χ0) is 15.3. The molecule has 0 amide bonds. The molecule has 0 spiro atoms. The molecule has 3 aromatic heterocycles. The van der Waals surface area contributed by atoms with Crippen molar-refractivity contribution in [1.82, 2.24) is 30.1 Å². The monoisotopic (exact) mass is 304 g/mol. The number of rotatable bonds is 3. The van der Waals surface area contributed by atoms with E-state index in [9.17, 15) is 8.78 Å². The van der Waals surface area contributed by atoms with Gasteiger partial charge in [-0.2, -0.15) is 5.10 Å². The summed E-state index contributed by atoms with van der Waals surface area (Å²) in [5.41, 5.74) is 1.73. The van der Waals surface area contributed by atoms with E-state index < -0.39 is 11.8 Å². The van der Waals surface area contributed by atoms with Crippen LogP contribution in [0.5, 0.6) is 5.88 Å². The smallest absolute Gasteiger partial charge is 0.257 e. The summed E-state index contributed by atoms with van der Waals surface area (Å²) in [6.07, 6.45) is 4.03. The Kier molecular flexibility index (Phi) is 2.59. The van der Waals surface area contributed by atoms with Crippen LogP contribution in [0.15, 0.2) is 18.7 Å². The van der Waals surface area contributed by atoms with Crippen molar-refractivity contribution in [1.29, 1.82) is 0 Å². The van der Waals surface area contributed by atoms with Gasteiger partial charge in [-0.15, -0.1) is 0 Å². The Labute approximate surface area is 122 Å². The molecule has 1 unspecified atom stereocenters. The molecule has 1 saturated carbocycles. The minimum atomic E-state index is -2.76. The molecule has 1 atom stereocenters. The first-order chi connectivity index (χ1) is 10.6. The number of aromatic nitrogens is 6. The molecule has 3 aromatic rings. The number of nitrogens with zero attached hydrogens (tertiary/aromatic N) is 5. The number of aromatic amines is 1. The minimum absolute atomic E-state index is 0.176. The van der Waals surface area contributed by atoms with Crippen LogP contribution in [0.4, 0.5) is 8.78 Å². The first kappa shape index (κ1) is 13.0. The zero-order valence-electron chi connectivity index (χ0n) is 11.4. The number of nitrogens with one attached hydrogen (secondary N) is 1. The Balaban J connectivity index is 1.92. The summed E-state index contributed by atoms with van der Waals surface area (Å²) in [5, 5.41) is 6.59. The Morgan fingerprint density at radius 2 is 2.09 bits per heavy atom. The quantitative estimate of drug-likeness (QED) is 0.795. The van der Waals surface area contributed by atoms with E-state index in [1.807, 2.05) is 0 Å². The molecule has 0 aliphatic heterocycles. The second-order valence-corrected chi connectivity index (χ2v) is 5.02. The van der Waals surface area contributed by atoms with Crippen LogP contribution < -0.4 is 4.74 Å². The van der Waals surface area contributed by atoms with Crippen LogP contribution in [0.2, 0.25) is 0 Å². The van der Waals surface area contributed by atoms with E-state index in [0.717, 1.165) is 0 Å². The average molecular weight is 304 g/mol. The van der Waals surface area contributed by atoms with Gasteiger partial charge in [-0.05, 0) is 0 Å². The summed E-state index contributed by atoms with van der Waals surface area (Å²) in [7, 11) is 1.41. The van der Waals surface area contributed by atoms with Crippen molar-refractivity contribution in [3.63, 3.8) is 0 Å². The highest BCUT2D eigenvalue weighted by atomic mass is 19.3. The lowest BCUT2D eigenvalue weighted by atomic mass is 10.1. The van der Waals surface area contributed by atoms with Crippen LogP contribution in [-0.4, -0.2) is 43.2 Å². The van der Waals surface area contributed by atoms with Gasteiger partial charge in [0.05, 0.1) is 31.1 Å². The SMILES string of the molecule is COc1ncnc(C2CC2(F)F)c1-c1ncc2[nH]ncc2n1. The van der Waals surface area contributed by atoms with Crippen LogP contribution in [-0.2, 0) is 0 Å². The lowest BCUT2D eigenvalue weighted by Crippen LogP contribution is -2.04. The molecule has 112 valence electrons. The van der Waals surface area contributed by atoms with E-state index in [-0.39, 0.29) is 23.8 Å². The highest BCUT2D eigenvalue weighted by Crippen LogP contribution is 2.57. The molecule has 0 bridgehead atoms. The first-order valence-electron chi connectivity index (χ1n) is 6.53. The van der Waals surface area contributed by atoms with Gasteiger partial charge in [0.1, 0.15) is 22.9 Å². The van der Waals surface area contributed by atoms with Gasteiger partial charge in [0.2, 0.25) is 5.88 Å². The summed E-state index contributed by atoms with van der Waals surface area (Å²) < 4.78 is 32.1. The molecule has 0 radical (unpaired) electrons. The number of fused-ring (bicyclic) bond motifs is 1. The van der Waals surface area contributed by atoms with Gasteiger partial charge < -0.3 is 4.74 Å². The molecule has 0 saturated heterocycles. The number of H-pyrrole nitrogens is 1. The fraction of sp³-hybridized carbons (Fsp3) is 0.308. The second kappa shape index (κ2) is 4.39. The maximum atomic E-state index is 13.5. The molecule has 9 heteroatoms. The number of methoxy groups -OCH3 is 1. The lowest BCUT2D eigenvalue weighted by molar-refractivity contribution is 0.111. The molecule has 1 N–H and O–H groups in total. The maximum Gasteiger partial charge on any atom is 0.257 e. The fourth-order valence-corrected chi connectivity index (χ4v) is 2.38. The van der Waals surface area contributed by atoms with Gasteiger partial charge in [0.25, 0.3) is 5.92 Å². The Morgan fingerprint density at radius 1 is 1.27 bits per heavy atom. The maximum absolute atomic E-state index is 13.5. The van der Waals surface area contributed by atoms with Gasteiger partial charge in [0, 0.05) is 6.42 Å². The van der Waals surface area contributed by atoms with E-state index in [1.165, 1.54) is 25.8 Å². The highest BCUT2D eigenvalue weighted by molar-refractivity contribution is 5.76. The van der Waals surface area contributed by atoms with Crippen molar-refractivity contribution < 1.29 is 13.5 Å². The van der Waals surface area contributed by atoms with Gasteiger partial charge in [0.15, 0.2) is 5.82 Å². The molecule has 4 rings (SSSR count).